The van der Waals surface area contributed by atoms with Crippen molar-refractivity contribution in [3.05, 3.63) is 24.3 Å². The minimum Gasteiger partial charge on any atom is -0.393 e. The molecule has 0 radical (unpaired) electrons. The summed E-state index contributed by atoms with van der Waals surface area (Å²) in [4.78, 5) is 7.63. The van der Waals surface area contributed by atoms with Gasteiger partial charge in [0.25, 0.3) is 0 Å². The van der Waals surface area contributed by atoms with Gasteiger partial charge in [-0.2, -0.15) is 0 Å². The summed E-state index contributed by atoms with van der Waals surface area (Å²) in [6.45, 7) is 1.74. The Morgan fingerprint density at radius 2 is 2.10 bits per heavy atom. The van der Waals surface area contributed by atoms with Gasteiger partial charge in [-0.05, 0) is 12.5 Å². The molecule has 1 rings (SSSR count). The highest BCUT2D eigenvalue weighted by Crippen LogP contribution is 1.97. The Hall–Kier alpha value is -0.960. The SMILES string of the molecule is C[C@@H](O)Cc1cncnc1. The molecule has 3 nitrogen and oxygen atoms in total. The third kappa shape index (κ3) is 2.11. The zero-order chi connectivity index (χ0) is 7.40. The second-order valence-electron chi connectivity index (χ2n) is 2.30. The zero-order valence-electron chi connectivity index (χ0n) is 5.86. The maximum Gasteiger partial charge on any atom is 0.115 e. The number of nitrogens with zero attached hydrogens (tertiary/aromatic N) is 2. The first kappa shape index (κ1) is 7.15. The summed E-state index contributed by atoms with van der Waals surface area (Å²) in [5.41, 5.74) is 0.970. The minimum atomic E-state index is -0.314. The molecular weight excluding hydrogens is 128 g/mol. The number of aliphatic hydroxyl groups is 1. The predicted octanol–water partition coefficient (Wildman–Crippen LogP) is 0.400. The van der Waals surface area contributed by atoms with Crippen LogP contribution in [0.5, 0.6) is 0 Å². The quantitative estimate of drug-likeness (QED) is 0.643. The Bertz CT molecular complexity index is 186. The van der Waals surface area contributed by atoms with Gasteiger partial charge in [0, 0.05) is 18.8 Å². The summed E-state index contributed by atoms with van der Waals surface area (Å²) in [5.74, 6) is 0. The van der Waals surface area contributed by atoms with E-state index in [1.54, 1.807) is 19.3 Å². The Labute approximate surface area is 59.8 Å². The molecule has 1 aromatic rings. The molecule has 0 aromatic carbocycles. The van der Waals surface area contributed by atoms with Gasteiger partial charge < -0.3 is 5.11 Å². The van der Waals surface area contributed by atoms with E-state index in [4.69, 9.17) is 5.11 Å². The molecule has 10 heavy (non-hydrogen) atoms. The van der Waals surface area contributed by atoms with Crippen molar-refractivity contribution in [1.29, 1.82) is 0 Å². The van der Waals surface area contributed by atoms with Gasteiger partial charge in [-0.15, -0.1) is 0 Å². The first-order valence-electron chi connectivity index (χ1n) is 3.21. The lowest BCUT2D eigenvalue weighted by Crippen LogP contribution is -2.04. The summed E-state index contributed by atoms with van der Waals surface area (Å²) >= 11 is 0. The maximum absolute atomic E-state index is 8.95. The van der Waals surface area contributed by atoms with E-state index in [1.807, 2.05) is 0 Å². The highest BCUT2D eigenvalue weighted by molar-refractivity contribution is 5.03. The molecule has 1 aromatic heterocycles. The van der Waals surface area contributed by atoms with Gasteiger partial charge in [-0.3, -0.25) is 0 Å². The van der Waals surface area contributed by atoms with Gasteiger partial charge in [-0.1, -0.05) is 0 Å². The second-order valence-corrected chi connectivity index (χ2v) is 2.30. The fourth-order valence-electron chi connectivity index (χ4n) is 0.776. The van der Waals surface area contributed by atoms with E-state index < -0.39 is 0 Å². The summed E-state index contributed by atoms with van der Waals surface area (Å²) in [5, 5.41) is 8.95. The van der Waals surface area contributed by atoms with Crippen LogP contribution in [0.4, 0.5) is 0 Å². The van der Waals surface area contributed by atoms with Crippen LogP contribution in [0, 0.1) is 0 Å². The Kier molecular flexibility index (Phi) is 2.34. The van der Waals surface area contributed by atoms with Crippen molar-refractivity contribution < 1.29 is 5.11 Å². The summed E-state index contributed by atoms with van der Waals surface area (Å²) < 4.78 is 0. The number of aliphatic hydroxyl groups excluding tert-OH is 1. The van der Waals surface area contributed by atoms with Crippen LogP contribution >= 0.6 is 0 Å². The lowest BCUT2D eigenvalue weighted by Gasteiger charge is -2.00. The molecule has 0 spiro atoms. The molecule has 0 bridgehead atoms. The van der Waals surface area contributed by atoms with Gasteiger partial charge in [-0.25, -0.2) is 9.97 Å². The van der Waals surface area contributed by atoms with Gasteiger partial charge in [0.05, 0.1) is 6.10 Å². The number of hydrogen-bond donors (Lipinski definition) is 1. The average molecular weight is 138 g/mol. The molecule has 0 unspecified atom stereocenters. The van der Waals surface area contributed by atoms with Gasteiger partial charge >= 0.3 is 0 Å². The fourth-order valence-corrected chi connectivity index (χ4v) is 0.776. The third-order valence-electron chi connectivity index (χ3n) is 1.15. The molecule has 3 heteroatoms. The van der Waals surface area contributed by atoms with Crippen molar-refractivity contribution in [3.8, 4) is 0 Å². The highest BCUT2D eigenvalue weighted by atomic mass is 16.3. The van der Waals surface area contributed by atoms with E-state index in [9.17, 15) is 0 Å². The topological polar surface area (TPSA) is 46.0 Å². The Morgan fingerprint density at radius 3 is 2.60 bits per heavy atom. The van der Waals surface area contributed by atoms with E-state index in [0.717, 1.165) is 5.56 Å². The van der Waals surface area contributed by atoms with Crippen LogP contribution in [0.25, 0.3) is 0 Å². The number of rotatable bonds is 2. The van der Waals surface area contributed by atoms with Gasteiger partial charge in [0.15, 0.2) is 0 Å². The zero-order valence-corrected chi connectivity index (χ0v) is 5.86. The smallest absolute Gasteiger partial charge is 0.115 e. The molecule has 1 N–H and O–H groups in total. The summed E-state index contributed by atoms with van der Waals surface area (Å²) in [7, 11) is 0. The second kappa shape index (κ2) is 3.27. The van der Waals surface area contributed by atoms with Crippen LogP contribution in [-0.2, 0) is 6.42 Å². The standard InChI is InChI=1S/C7H10N2O/c1-6(10)2-7-3-8-5-9-4-7/h3-6,10H,2H2,1H3/t6-/m1/s1. The Balaban J connectivity index is 2.59. The van der Waals surface area contributed by atoms with Gasteiger partial charge in [0.2, 0.25) is 0 Å². The van der Waals surface area contributed by atoms with E-state index >= 15 is 0 Å². The van der Waals surface area contributed by atoms with Crippen LogP contribution in [0.1, 0.15) is 12.5 Å². The average Bonchev–Trinajstić information content (AvgIpc) is 1.88. The van der Waals surface area contributed by atoms with Crippen molar-refractivity contribution in [2.75, 3.05) is 0 Å². The van der Waals surface area contributed by atoms with Crippen molar-refractivity contribution in [2.45, 2.75) is 19.4 Å². The first-order chi connectivity index (χ1) is 4.79. The summed E-state index contributed by atoms with van der Waals surface area (Å²) in [6.07, 6.45) is 5.21. The lowest BCUT2D eigenvalue weighted by atomic mass is 10.2. The normalized spacial score (nSPS) is 13.0. The molecule has 54 valence electrons. The monoisotopic (exact) mass is 138 g/mol. The minimum absolute atomic E-state index is 0.314. The van der Waals surface area contributed by atoms with Gasteiger partial charge in [0.1, 0.15) is 6.33 Å². The molecule has 1 atom stereocenters. The van der Waals surface area contributed by atoms with Crippen LogP contribution in [0.15, 0.2) is 18.7 Å². The van der Waals surface area contributed by atoms with E-state index in [2.05, 4.69) is 9.97 Å². The Morgan fingerprint density at radius 1 is 1.50 bits per heavy atom. The molecule has 0 saturated heterocycles. The molecule has 0 fully saturated rings. The van der Waals surface area contributed by atoms with Crippen molar-refractivity contribution in [1.82, 2.24) is 9.97 Å². The number of hydrogen-bond acceptors (Lipinski definition) is 3. The van der Waals surface area contributed by atoms with Crippen molar-refractivity contribution >= 4 is 0 Å². The number of aromatic nitrogens is 2. The van der Waals surface area contributed by atoms with E-state index in [0.29, 0.717) is 6.42 Å². The summed E-state index contributed by atoms with van der Waals surface area (Å²) in [6, 6.07) is 0. The third-order valence-corrected chi connectivity index (χ3v) is 1.15. The van der Waals surface area contributed by atoms with E-state index in [-0.39, 0.29) is 6.10 Å². The fraction of sp³-hybridized carbons (Fsp3) is 0.429. The van der Waals surface area contributed by atoms with Crippen LogP contribution in [0.3, 0.4) is 0 Å². The molecule has 1 heterocycles. The van der Waals surface area contributed by atoms with Crippen LogP contribution < -0.4 is 0 Å². The lowest BCUT2D eigenvalue weighted by molar-refractivity contribution is 0.195. The molecule has 0 aliphatic rings. The van der Waals surface area contributed by atoms with Crippen LogP contribution in [0.2, 0.25) is 0 Å². The van der Waals surface area contributed by atoms with Crippen LogP contribution in [-0.4, -0.2) is 21.2 Å². The molecular formula is C7H10N2O. The first-order valence-corrected chi connectivity index (χ1v) is 3.21. The highest BCUT2D eigenvalue weighted by Gasteiger charge is 1.97. The van der Waals surface area contributed by atoms with Crippen molar-refractivity contribution in [2.24, 2.45) is 0 Å². The molecule has 0 aliphatic carbocycles. The van der Waals surface area contributed by atoms with Crippen molar-refractivity contribution in [3.63, 3.8) is 0 Å². The molecule has 0 amide bonds. The largest absolute Gasteiger partial charge is 0.393 e. The maximum atomic E-state index is 8.95. The van der Waals surface area contributed by atoms with E-state index in [1.165, 1.54) is 6.33 Å². The molecule has 0 aliphatic heterocycles. The predicted molar refractivity (Wildman–Crippen MR) is 37.4 cm³/mol. The molecule has 0 saturated carbocycles.